The number of rotatable bonds is 4. The quantitative estimate of drug-likeness (QED) is 0.780. The molecule has 0 aliphatic carbocycles. The van der Waals surface area contributed by atoms with E-state index in [9.17, 15) is 4.79 Å². The van der Waals surface area contributed by atoms with Crippen LogP contribution in [0, 0.1) is 13.8 Å². The summed E-state index contributed by atoms with van der Waals surface area (Å²) in [6.07, 6.45) is 0.285. The number of aryl methyl sites for hydroxylation is 2. The molecule has 2 aromatic rings. The summed E-state index contributed by atoms with van der Waals surface area (Å²) in [5.41, 5.74) is 3.58. The first-order valence-corrected chi connectivity index (χ1v) is 6.82. The number of carbonyl (C=O) groups excluding carboxylic acids is 1. The summed E-state index contributed by atoms with van der Waals surface area (Å²) < 4.78 is 5.30. The lowest BCUT2D eigenvalue weighted by Crippen LogP contribution is -2.06. The van der Waals surface area contributed by atoms with E-state index in [0.29, 0.717) is 10.6 Å². The van der Waals surface area contributed by atoms with Gasteiger partial charge < -0.3 is 4.74 Å². The van der Waals surface area contributed by atoms with Crippen molar-refractivity contribution in [3.05, 3.63) is 63.7 Å². The van der Waals surface area contributed by atoms with E-state index >= 15 is 0 Å². The van der Waals surface area contributed by atoms with Crippen molar-refractivity contribution >= 4 is 17.4 Å². The summed E-state index contributed by atoms with van der Waals surface area (Å²) in [6, 6.07) is 11.3. The molecule has 2 aromatic carbocycles. The molecule has 0 bridgehead atoms. The highest BCUT2D eigenvalue weighted by Gasteiger charge is 2.14. The van der Waals surface area contributed by atoms with Gasteiger partial charge in [0.25, 0.3) is 0 Å². The fourth-order valence-electron chi connectivity index (χ4n) is 2.16. The van der Waals surface area contributed by atoms with Crippen molar-refractivity contribution < 1.29 is 9.53 Å². The Bertz CT molecular complexity index is 647. The highest BCUT2D eigenvalue weighted by atomic mass is 35.5. The van der Waals surface area contributed by atoms with Crippen LogP contribution in [0.25, 0.3) is 0 Å². The molecule has 0 amide bonds. The number of carbonyl (C=O) groups is 1. The zero-order chi connectivity index (χ0) is 14.7. The van der Waals surface area contributed by atoms with Crippen molar-refractivity contribution in [3.63, 3.8) is 0 Å². The Labute approximate surface area is 124 Å². The predicted octanol–water partition coefficient (Wildman–Crippen LogP) is 4.39. The van der Waals surface area contributed by atoms with Crippen molar-refractivity contribution in [3.8, 4) is 5.75 Å². The van der Waals surface area contributed by atoms with E-state index in [2.05, 4.69) is 0 Å². The molecule has 20 heavy (non-hydrogen) atoms. The summed E-state index contributed by atoms with van der Waals surface area (Å²) in [5, 5.41) is 0.501. The maximum atomic E-state index is 12.4. The average Bonchev–Trinajstić information content (AvgIpc) is 2.38. The molecule has 0 saturated heterocycles. The van der Waals surface area contributed by atoms with Gasteiger partial charge in [0.1, 0.15) is 5.75 Å². The molecule has 0 unspecified atom stereocenters. The highest BCUT2D eigenvalue weighted by molar-refractivity contribution is 6.34. The summed E-state index contributed by atoms with van der Waals surface area (Å²) in [6.45, 7) is 3.94. The van der Waals surface area contributed by atoms with E-state index in [1.807, 2.05) is 44.2 Å². The molecule has 104 valence electrons. The van der Waals surface area contributed by atoms with E-state index < -0.39 is 0 Å². The van der Waals surface area contributed by atoms with Crippen LogP contribution in [0.5, 0.6) is 5.75 Å². The molecule has 0 saturated carbocycles. The predicted molar refractivity (Wildman–Crippen MR) is 82.0 cm³/mol. The number of methoxy groups -OCH3 is 1. The van der Waals surface area contributed by atoms with Crippen LogP contribution in [0.1, 0.15) is 27.0 Å². The minimum Gasteiger partial charge on any atom is -0.496 e. The van der Waals surface area contributed by atoms with Crippen LogP contribution in [0.3, 0.4) is 0 Å². The molecule has 0 aliphatic heterocycles. The average molecular weight is 289 g/mol. The third-order valence-electron chi connectivity index (χ3n) is 3.21. The largest absolute Gasteiger partial charge is 0.496 e. The van der Waals surface area contributed by atoms with Gasteiger partial charge in [-0.1, -0.05) is 35.4 Å². The first-order valence-electron chi connectivity index (χ1n) is 6.44. The topological polar surface area (TPSA) is 26.3 Å². The number of halogens is 1. The van der Waals surface area contributed by atoms with Gasteiger partial charge in [-0.3, -0.25) is 4.79 Å². The summed E-state index contributed by atoms with van der Waals surface area (Å²) >= 11 is 6.14. The molecular weight excluding hydrogens is 272 g/mol. The van der Waals surface area contributed by atoms with Crippen LogP contribution in [0.4, 0.5) is 0 Å². The maximum absolute atomic E-state index is 12.4. The van der Waals surface area contributed by atoms with Gasteiger partial charge in [0, 0.05) is 17.5 Å². The Morgan fingerprint density at radius 3 is 2.40 bits per heavy atom. The lowest BCUT2D eigenvalue weighted by Gasteiger charge is -2.10. The third kappa shape index (κ3) is 3.20. The van der Waals surface area contributed by atoms with Gasteiger partial charge in [-0.15, -0.1) is 0 Å². The number of hydrogen-bond acceptors (Lipinski definition) is 2. The van der Waals surface area contributed by atoms with Gasteiger partial charge in [0.2, 0.25) is 0 Å². The Morgan fingerprint density at radius 1 is 1.10 bits per heavy atom. The summed E-state index contributed by atoms with van der Waals surface area (Å²) in [5.74, 6) is 0.728. The van der Waals surface area contributed by atoms with E-state index in [0.717, 1.165) is 22.4 Å². The molecule has 2 nitrogen and oxygen atoms in total. The maximum Gasteiger partial charge on any atom is 0.168 e. The lowest BCUT2D eigenvalue weighted by molar-refractivity contribution is 0.0992. The molecule has 0 fully saturated rings. The van der Waals surface area contributed by atoms with Crippen molar-refractivity contribution in [2.75, 3.05) is 7.11 Å². The molecule has 0 aliphatic rings. The first-order chi connectivity index (χ1) is 9.51. The van der Waals surface area contributed by atoms with Gasteiger partial charge in [0.05, 0.1) is 12.1 Å². The summed E-state index contributed by atoms with van der Waals surface area (Å²) in [7, 11) is 1.61. The van der Waals surface area contributed by atoms with E-state index in [1.165, 1.54) is 0 Å². The highest BCUT2D eigenvalue weighted by Crippen LogP contribution is 2.24. The van der Waals surface area contributed by atoms with Crippen LogP contribution >= 0.6 is 11.6 Å². The number of benzene rings is 2. The molecule has 3 heteroatoms. The molecule has 0 aromatic heterocycles. The Hall–Kier alpha value is -1.80. The molecule has 2 rings (SSSR count). The van der Waals surface area contributed by atoms with E-state index in [4.69, 9.17) is 16.3 Å². The standard InChI is InChI=1S/C17H17ClO2/c1-11-5-7-17(20-3)13(8-11)10-16(19)14-6-4-12(2)9-15(14)18/h4-9H,10H2,1-3H3. The minimum absolute atomic E-state index is 0.00102. The second kappa shape index (κ2) is 6.10. The minimum atomic E-state index is -0.00102. The van der Waals surface area contributed by atoms with Crippen LogP contribution < -0.4 is 4.74 Å². The smallest absolute Gasteiger partial charge is 0.168 e. The summed E-state index contributed by atoms with van der Waals surface area (Å²) in [4.78, 5) is 12.4. The molecule has 0 atom stereocenters. The monoisotopic (exact) mass is 288 g/mol. The molecule has 0 N–H and O–H groups in total. The number of ether oxygens (including phenoxy) is 1. The van der Waals surface area contributed by atoms with Crippen LogP contribution in [-0.4, -0.2) is 12.9 Å². The van der Waals surface area contributed by atoms with Gasteiger partial charge >= 0.3 is 0 Å². The van der Waals surface area contributed by atoms with Crippen LogP contribution in [-0.2, 0) is 6.42 Å². The Kier molecular flexibility index (Phi) is 4.46. The number of Topliss-reactive ketones (excluding diaryl/α,β-unsaturated/α-hetero) is 1. The second-order valence-corrected chi connectivity index (χ2v) is 5.31. The van der Waals surface area contributed by atoms with Crippen molar-refractivity contribution in [2.24, 2.45) is 0 Å². The van der Waals surface area contributed by atoms with E-state index in [1.54, 1.807) is 13.2 Å². The van der Waals surface area contributed by atoms with Crippen LogP contribution in [0.2, 0.25) is 5.02 Å². The number of ketones is 1. The van der Waals surface area contributed by atoms with Gasteiger partial charge in [0.15, 0.2) is 5.78 Å². The molecule has 0 radical (unpaired) electrons. The van der Waals surface area contributed by atoms with Crippen molar-refractivity contribution in [1.82, 2.24) is 0 Å². The molecular formula is C17H17ClO2. The third-order valence-corrected chi connectivity index (χ3v) is 3.52. The van der Waals surface area contributed by atoms with Crippen molar-refractivity contribution in [2.45, 2.75) is 20.3 Å². The van der Waals surface area contributed by atoms with Gasteiger partial charge in [-0.2, -0.15) is 0 Å². The van der Waals surface area contributed by atoms with Gasteiger partial charge in [-0.25, -0.2) is 0 Å². The molecule has 0 heterocycles. The van der Waals surface area contributed by atoms with E-state index in [-0.39, 0.29) is 12.2 Å². The normalized spacial score (nSPS) is 10.4. The van der Waals surface area contributed by atoms with Crippen molar-refractivity contribution in [1.29, 1.82) is 0 Å². The SMILES string of the molecule is COc1ccc(C)cc1CC(=O)c1ccc(C)cc1Cl. The second-order valence-electron chi connectivity index (χ2n) is 4.90. The lowest BCUT2D eigenvalue weighted by atomic mass is 10.00. The zero-order valence-electron chi connectivity index (χ0n) is 11.9. The van der Waals surface area contributed by atoms with Crippen LogP contribution in [0.15, 0.2) is 36.4 Å². The van der Waals surface area contributed by atoms with Gasteiger partial charge in [-0.05, 0) is 37.6 Å². The fraction of sp³-hybridized carbons (Fsp3) is 0.235. The first kappa shape index (κ1) is 14.6. The number of hydrogen-bond donors (Lipinski definition) is 0. The zero-order valence-corrected chi connectivity index (χ0v) is 12.6. The Morgan fingerprint density at radius 2 is 1.75 bits per heavy atom. The fourth-order valence-corrected chi connectivity index (χ4v) is 2.50. The Balaban J connectivity index is 2.30. The molecule has 0 spiro atoms.